The number of rotatable bonds is 5. The van der Waals surface area contributed by atoms with Crippen molar-refractivity contribution in [3.05, 3.63) is 34.9 Å². The Balaban J connectivity index is 2.70. The Labute approximate surface area is 105 Å². The lowest BCUT2D eigenvalue weighted by molar-refractivity contribution is -0.142. The van der Waals surface area contributed by atoms with Crippen LogP contribution in [0.3, 0.4) is 0 Å². The fourth-order valence-corrected chi connectivity index (χ4v) is 1.59. The highest BCUT2D eigenvalue weighted by Gasteiger charge is 2.18. The number of aliphatic hydroxyl groups excluding tert-OH is 1. The zero-order valence-electron chi connectivity index (χ0n) is 10.4. The summed E-state index contributed by atoms with van der Waals surface area (Å²) in [4.78, 5) is 22.3. The second-order valence-electron chi connectivity index (χ2n) is 4.25. The smallest absolute Gasteiger partial charge is 0.328 e. The van der Waals surface area contributed by atoms with Crippen molar-refractivity contribution in [2.45, 2.75) is 26.3 Å². The molecule has 0 aliphatic rings. The van der Waals surface area contributed by atoms with E-state index in [1.165, 1.54) is 0 Å². The van der Waals surface area contributed by atoms with Crippen molar-refractivity contribution < 1.29 is 19.8 Å². The Bertz CT molecular complexity index is 456. The number of carboxylic acids is 1. The molecular weight excluding hydrogens is 234 g/mol. The number of amides is 1. The molecule has 0 heterocycles. The Morgan fingerprint density at radius 1 is 1.33 bits per heavy atom. The van der Waals surface area contributed by atoms with Gasteiger partial charge in [0.2, 0.25) is 5.91 Å². The van der Waals surface area contributed by atoms with Gasteiger partial charge in [0.05, 0.1) is 13.0 Å². The second-order valence-corrected chi connectivity index (χ2v) is 4.25. The lowest BCUT2D eigenvalue weighted by atomic mass is 10.0. The van der Waals surface area contributed by atoms with E-state index in [0.717, 1.165) is 16.7 Å². The molecule has 1 amide bonds. The molecule has 0 fully saturated rings. The number of aryl methyl sites for hydroxylation is 2. The second kappa shape index (κ2) is 6.16. The van der Waals surface area contributed by atoms with Gasteiger partial charge in [0.15, 0.2) is 0 Å². The summed E-state index contributed by atoms with van der Waals surface area (Å²) >= 11 is 0. The van der Waals surface area contributed by atoms with E-state index < -0.39 is 24.5 Å². The van der Waals surface area contributed by atoms with E-state index in [0.29, 0.717) is 0 Å². The largest absolute Gasteiger partial charge is 0.480 e. The minimum Gasteiger partial charge on any atom is -0.480 e. The minimum atomic E-state index is -1.25. The van der Waals surface area contributed by atoms with E-state index >= 15 is 0 Å². The van der Waals surface area contributed by atoms with Crippen molar-refractivity contribution >= 4 is 11.9 Å². The van der Waals surface area contributed by atoms with Crippen molar-refractivity contribution in [2.24, 2.45) is 0 Å². The van der Waals surface area contributed by atoms with Crippen molar-refractivity contribution in [1.29, 1.82) is 0 Å². The summed E-state index contributed by atoms with van der Waals surface area (Å²) in [6.07, 6.45) is 0.108. The maximum atomic E-state index is 11.7. The van der Waals surface area contributed by atoms with Crippen molar-refractivity contribution in [3.8, 4) is 0 Å². The van der Waals surface area contributed by atoms with Gasteiger partial charge in [0.1, 0.15) is 6.04 Å². The number of carbonyl (C=O) groups excluding carboxylic acids is 1. The highest BCUT2D eigenvalue weighted by Crippen LogP contribution is 2.11. The van der Waals surface area contributed by atoms with Gasteiger partial charge in [-0.1, -0.05) is 23.8 Å². The van der Waals surface area contributed by atoms with Crippen LogP contribution < -0.4 is 5.32 Å². The molecule has 1 aromatic carbocycles. The van der Waals surface area contributed by atoms with Gasteiger partial charge < -0.3 is 15.5 Å². The number of nitrogens with one attached hydrogen (secondary N) is 1. The molecule has 0 saturated heterocycles. The number of carboxylic acid groups (broad SMARTS) is 1. The van der Waals surface area contributed by atoms with E-state index in [2.05, 4.69) is 5.32 Å². The van der Waals surface area contributed by atoms with Crippen molar-refractivity contribution in [2.75, 3.05) is 6.61 Å². The normalized spacial score (nSPS) is 11.9. The molecule has 0 aliphatic carbocycles. The first-order valence-electron chi connectivity index (χ1n) is 5.63. The molecule has 3 N–H and O–H groups in total. The number of aliphatic hydroxyl groups is 1. The first-order chi connectivity index (χ1) is 8.43. The van der Waals surface area contributed by atoms with Gasteiger partial charge in [-0.05, 0) is 25.0 Å². The summed E-state index contributed by atoms with van der Waals surface area (Å²) in [6.45, 7) is 3.20. The van der Waals surface area contributed by atoms with Gasteiger partial charge >= 0.3 is 5.97 Å². The van der Waals surface area contributed by atoms with Crippen LogP contribution in [-0.2, 0) is 16.0 Å². The molecule has 0 bridgehead atoms. The van der Waals surface area contributed by atoms with E-state index in [1.54, 1.807) is 0 Å². The number of hydrogen-bond acceptors (Lipinski definition) is 3. The summed E-state index contributed by atoms with van der Waals surface area (Å²) < 4.78 is 0. The third-order valence-corrected chi connectivity index (χ3v) is 2.67. The van der Waals surface area contributed by atoms with E-state index in [9.17, 15) is 9.59 Å². The monoisotopic (exact) mass is 251 g/mol. The molecule has 0 radical (unpaired) electrons. The van der Waals surface area contributed by atoms with E-state index in [1.807, 2.05) is 32.0 Å². The summed E-state index contributed by atoms with van der Waals surface area (Å²) in [5.74, 6) is -1.66. The molecule has 5 nitrogen and oxygen atoms in total. The fraction of sp³-hybridized carbons (Fsp3) is 0.385. The Hall–Kier alpha value is -1.88. The predicted molar refractivity (Wildman–Crippen MR) is 66.3 cm³/mol. The molecule has 5 heteroatoms. The molecule has 1 atom stereocenters. The molecular formula is C13H17NO4. The van der Waals surface area contributed by atoms with Crippen LogP contribution in [-0.4, -0.2) is 34.7 Å². The molecule has 18 heavy (non-hydrogen) atoms. The Morgan fingerprint density at radius 3 is 2.56 bits per heavy atom. The lowest BCUT2D eigenvalue weighted by Crippen LogP contribution is -2.44. The lowest BCUT2D eigenvalue weighted by Gasteiger charge is -2.12. The molecule has 0 aromatic heterocycles. The van der Waals surface area contributed by atoms with Crippen LogP contribution in [0.5, 0.6) is 0 Å². The highest BCUT2D eigenvalue weighted by molar-refractivity contribution is 5.85. The Morgan fingerprint density at radius 2 is 2.00 bits per heavy atom. The van der Waals surface area contributed by atoms with Crippen LogP contribution >= 0.6 is 0 Å². The molecule has 1 unspecified atom stereocenters. The molecule has 0 aliphatic heterocycles. The molecule has 1 rings (SSSR count). The molecule has 98 valence electrons. The predicted octanol–water partition coefficient (Wildman–Crippen LogP) is 0.408. The number of carbonyl (C=O) groups is 2. The van der Waals surface area contributed by atoms with Crippen LogP contribution in [0.25, 0.3) is 0 Å². The first kappa shape index (κ1) is 14.2. The van der Waals surface area contributed by atoms with E-state index in [4.69, 9.17) is 10.2 Å². The third kappa shape index (κ3) is 3.85. The van der Waals surface area contributed by atoms with Crippen LogP contribution in [0.1, 0.15) is 16.7 Å². The average molecular weight is 251 g/mol. The van der Waals surface area contributed by atoms with Crippen molar-refractivity contribution in [1.82, 2.24) is 5.32 Å². The highest BCUT2D eigenvalue weighted by atomic mass is 16.4. The van der Waals surface area contributed by atoms with E-state index in [-0.39, 0.29) is 6.42 Å². The zero-order valence-corrected chi connectivity index (χ0v) is 10.4. The first-order valence-corrected chi connectivity index (χ1v) is 5.63. The number of benzene rings is 1. The van der Waals surface area contributed by atoms with Gasteiger partial charge in [-0.25, -0.2) is 4.79 Å². The average Bonchev–Trinajstić information content (AvgIpc) is 2.30. The molecule has 0 spiro atoms. The summed E-state index contributed by atoms with van der Waals surface area (Å²) in [7, 11) is 0. The van der Waals surface area contributed by atoms with Crippen LogP contribution in [0.2, 0.25) is 0 Å². The fourth-order valence-electron chi connectivity index (χ4n) is 1.59. The zero-order chi connectivity index (χ0) is 13.7. The van der Waals surface area contributed by atoms with Gasteiger partial charge in [0, 0.05) is 0 Å². The van der Waals surface area contributed by atoms with Gasteiger partial charge in [-0.15, -0.1) is 0 Å². The number of hydrogen-bond donors (Lipinski definition) is 3. The summed E-state index contributed by atoms with van der Waals surface area (Å²) in [5, 5.41) is 19.8. The quantitative estimate of drug-likeness (QED) is 0.707. The minimum absolute atomic E-state index is 0.108. The summed E-state index contributed by atoms with van der Waals surface area (Å²) in [5.41, 5.74) is 2.88. The number of aliphatic carboxylic acids is 1. The van der Waals surface area contributed by atoms with Gasteiger partial charge in [0.25, 0.3) is 0 Å². The van der Waals surface area contributed by atoms with Gasteiger partial charge in [-0.2, -0.15) is 0 Å². The van der Waals surface area contributed by atoms with Crippen LogP contribution in [0.4, 0.5) is 0 Å². The summed E-state index contributed by atoms with van der Waals surface area (Å²) in [6, 6.07) is 4.51. The maximum Gasteiger partial charge on any atom is 0.328 e. The SMILES string of the molecule is Cc1ccc(C)c(CC(=O)NC(CO)C(=O)O)c1. The molecule has 0 saturated carbocycles. The topological polar surface area (TPSA) is 86.6 Å². The standard InChI is InChI=1S/C13H17NO4/c1-8-3-4-9(2)10(5-8)6-12(16)14-11(7-15)13(17)18/h3-5,11,15H,6-7H2,1-2H3,(H,14,16)(H,17,18). The van der Waals surface area contributed by atoms with Gasteiger partial charge in [-0.3, -0.25) is 4.79 Å². The Kier molecular flexibility index (Phi) is 4.85. The van der Waals surface area contributed by atoms with Crippen molar-refractivity contribution in [3.63, 3.8) is 0 Å². The van der Waals surface area contributed by atoms with Crippen LogP contribution in [0.15, 0.2) is 18.2 Å². The third-order valence-electron chi connectivity index (χ3n) is 2.67. The van der Waals surface area contributed by atoms with Crippen LogP contribution in [0, 0.1) is 13.8 Å². The maximum absolute atomic E-state index is 11.7. The molecule has 1 aromatic rings.